The number of likely N-dealkylation sites (tertiary alicyclic amines) is 1. The molecule has 4 N–H and O–H groups in total. The molecule has 42 heavy (non-hydrogen) atoms. The summed E-state index contributed by atoms with van der Waals surface area (Å²) in [6.45, 7) is 7.88. The van der Waals surface area contributed by atoms with Crippen LogP contribution in [0.1, 0.15) is 22.3 Å². The molecule has 2 fully saturated rings. The Kier molecular flexibility index (Phi) is 7.70. The van der Waals surface area contributed by atoms with Crippen LogP contribution in [0.3, 0.4) is 0 Å². The highest BCUT2D eigenvalue weighted by Crippen LogP contribution is 2.34. The second-order valence-corrected chi connectivity index (χ2v) is 11.0. The monoisotopic (exact) mass is 572 g/mol. The van der Waals surface area contributed by atoms with Crippen molar-refractivity contribution < 1.29 is 14.3 Å². The molecule has 1 unspecified atom stereocenters. The normalized spacial score (nSPS) is 18.6. The van der Waals surface area contributed by atoms with Crippen molar-refractivity contribution in [1.82, 2.24) is 19.8 Å². The van der Waals surface area contributed by atoms with E-state index in [1.807, 2.05) is 36.1 Å². The predicted octanol–water partition coefficient (Wildman–Crippen LogP) is 2.48. The molecule has 0 radical (unpaired) electrons. The standard InChI is InChI=1S/C30H36N8O4/c1-19-24(17-33-29-26(19)31-10-16-42-29)35-23-7-9-32-27(39)25(23)28(40)34-21-3-5-22(6-4-21)37-12-14-38(15-13-37)30(41)20-8-11-36(2)18-20/h3-7,9,17,20,31H,8,10-16,18H2,1-2H3,(H,34,40)(H2,32,35,39). The van der Waals surface area contributed by atoms with Gasteiger partial charge in [-0.05, 0) is 57.3 Å². The van der Waals surface area contributed by atoms with Crippen LogP contribution >= 0.6 is 0 Å². The Balaban J connectivity index is 1.10. The van der Waals surface area contributed by atoms with Crippen LogP contribution in [0, 0.1) is 12.8 Å². The number of aromatic amines is 1. The molecule has 3 aromatic rings. The average molecular weight is 573 g/mol. The van der Waals surface area contributed by atoms with Gasteiger partial charge in [0.2, 0.25) is 11.8 Å². The number of carbonyl (C=O) groups is 2. The molecule has 0 aliphatic carbocycles. The first-order chi connectivity index (χ1) is 20.4. The van der Waals surface area contributed by atoms with Gasteiger partial charge >= 0.3 is 0 Å². The van der Waals surface area contributed by atoms with E-state index in [-0.39, 0.29) is 17.4 Å². The van der Waals surface area contributed by atoms with Gasteiger partial charge in [-0.25, -0.2) is 4.98 Å². The van der Waals surface area contributed by atoms with Crippen LogP contribution in [0.25, 0.3) is 0 Å². The molecular formula is C30H36N8O4. The number of ether oxygens (including phenoxy) is 1. The fraction of sp³-hybridized carbons (Fsp3) is 0.400. The Morgan fingerprint density at radius 1 is 1.05 bits per heavy atom. The fourth-order valence-corrected chi connectivity index (χ4v) is 5.83. The number of nitrogens with one attached hydrogen (secondary N) is 4. The van der Waals surface area contributed by atoms with E-state index < -0.39 is 11.5 Å². The molecule has 12 heteroatoms. The summed E-state index contributed by atoms with van der Waals surface area (Å²) in [4.78, 5) is 52.4. The zero-order valence-corrected chi connectivity index (χ0v) is 23.9. The molecule has 1 atom stereocenters. The Bertz CT molecular complexity index is 1530. The highest BCUT2D eigenvalue weighted by molar-refractivity contribution is 6.08. The summed E-state index contributed by atoms with van der Waals surface area (Å²) in [6.07, 6.45) is 4.07. The predicted molar refractivity (Wildman–Crippen MR) is 162 cm³/mol. The molecule has 12 nitrogen and oxygen atoms in total. The van der Waals surface area contributed by atoms with Crippen LogP contribution in [0.4, 0.5) is 28.4 Å². The van der Waals surface area contributed by atoms with Crippen molar-refractivity contribution in [3.05, 3.63) is 64.2 Å². The van der Waals surface area contributed by atoms with Gasteiger partial charge in [0.05, 0.1) is 23.5 Å². The van der Waals surface area contributed by atoms with Gasteiger partial charge < -0.3 is 40.4 Å². The number of benzene rings is 1. The van der Waals surface area contributed by atoms with Crippen LogP contribution in [0.2, 0.25) is 0 Å². The molecule has 2 amide bonds. The lowest BCUT2D eigenvalue weighted by Gasteiger charge is -2.37. The van der Waals surface area contributed by atoms with Gasteiger partial charge in [-0.2, -0.15) is 0 Å². The molecule has 2 aromatic heterocycles. The van der Waals surface area contributed by atoms with Crippen LogP contribution in [0.5, 0.6) is 5.88 Å². The molecule has 5 heterocycles. The highest BCUT2D eigenvalue weighted by Gasteiger charge is 2.31. The number of pyridine rings is 2. The molecule has 3 aliphatic heterocycles. The first-order valence-corrected chi connectivity index (χ1v) is 14.4. The average Bonchev–Trinajstić information content (AvgIpc) is 3.45. The SMILES string of the molecule is Cc1c(Nc2cc[nH]c(=O)c2C(=O)Nc2ccc(N3CCN(C(=O)C4CCN(C)C4)CC3)cc2)cnc2c1NCCO2. The third-order valence-corrected chi connectivity index (χ3v) is 8.23. The summed E-state index contributed by atoms with van der Waals surface area (Å²) in [5.74, 6) is 0.388. The second-order valence-electron chi connectivity index (χ2n) is 11.0. The summed E-state index contributed by atoms with van der Waals surface area (Å²) in [5.41, 5.74) is 3.75. The molecule has 6 rings (SSSR count). The lowest BCUT2D eigenvalue weighted by molar-refractivity contribution is -0.135. The van der Waals surface area contributed by atoms with Crippen molar-refractivity contribution >= 4 is 40.3 Å². The smallest absolute Gasteiger partial charge is 0.263 e. The van der Waals surface area contributed by atoms with Crippen LogP contribution in [0.15, 0.2) is 47.5 Å². The topological polar surface area (TPSA) is 135 Å². The van der Waals surface area contributed by atoms with E-state index in [2.05, 4.69) is 42.8 Å². The van der Waals surface area contributed by atoms with E-state index in [9.17, 15) is 14.4 Å². The quantitative estimate of drug-likeness (QED) is 0.351. The number of hydrogen-bond donors (Lipinski definition) is 4. The maximum atomic E-state index is 13.3. The number of piperazine rings is 1. The lowest BCUT2D eigenvalue weighted by Crippen LogP contribution is -2.50. The molecule has 0 saturated carbocycles. The van der Waals surface area contributed by atoms with Crippen LogP contribution in [-0.2, 0) is 4.79 Å². The van der Waals surface area contributed by atoms with Gasteiger partial charge in [0.1, 0.15) is 17.9 Å². The number of H-pyrrole nitrogens is 1. The third kappa shape index (κ3) is 5.62. The minimum absolute atomic E-state index is 0.0304. The molecule has 1 aromatic carbocycles. The Labute approximate surface area is 244 Å². The number of anilines is 5. The first kappa shape index (κ1) is 27.6. The summed E-state index contributed by atoms with van der Waals surface area (Å²) >= 11 is 0. The van der Waals surface area contributed by atoms with Crippen molar-refractivity contribution in [2.75, 3.05) is 80.3 Å². The van der Waals surface area contributed by atoms with Crippen LogP contribution < -0.4 is 31.1 Å². The minimum atomic E-state index is -0.526. The van der Waals surface area contributed by atoms with Crippen molar-refractivity contribution in [2.45, 2.75) is 13.3 Å². The van der Waals surface area contributed by atoms with E-state index in [1.165, 1.54) is 6.20 Å². The lowest BCUT2D eigenvalue weighted by atomic mass is 10.1. The maximum absolute atomic E-state index is 13.3. The molecule has 0 spiro atoms. The minimum Gasteiger partial charge on any atom is -0.474 e. The number of aromatic nitrogens is 2. The summed E-state index contributed by atoms with van der Waals surface area (Å²) in [7, 11) is 2.06. The van der Waals surface area contributed by atoms with E-state index in [4.69, 9.17) is 4.74 Å². The van der Waals surface area contributed by atoms with Crippen LogP contribution in [-0.4, -0.2) is 91.0 Å². The van der Waals surface area contributed by atoms with E-state index in [1.54, 1.807) is 12.3 Å². The summed E-state index contributed by atoms with van der Waals surface area (Å²) < 4.78 is 5.60. The number of carbonyl (C=O) groups excluding carboxylic acids is 2. The van der Waals surface area contributed by atoms with Crippen molar-refractivity contribution in [2.24, 2.45) is 5.92 Å². The number of hydrogen-bond acceptors (Lipinski definition) is 9. The van der Waals surface area contributed by atoms with Gasteiger partial charge in [-0.1, -0.05) is 0 Å². The van der Waals surface area contributed by atoms with Crippen molar-refractivity contribution in [3.8, 4) is 5.88 Å². The number of amides is 2. The van der Waals surface area contributed by atoms with Crippen molar-refractivity contribution in [3.63, 3.8) is 0 Å². The number of rotatable bonds is 6. The Morgan fingerprint density at radius 2 is 1.83 bits per heavy atom. The van der Waals surface area contributed by atoms with Gasteiger partial charge in [0, 0.05) is 62.4 Å². The fourth-order valence-electron chi connectivity index (χ4n) is 5.83. The highest BCUT2D eigenvalue weighted by atomic mass is 16.5. The first-order valence-electron chi connectivity index (χ1n) is 14.4. The van der Waals surface area contributed by atoms with E-state index in [0.29, 0.717) is 49.2 Å². The molecule has 3 aliphatic rings. The van der Waals surface area contributed by atoms with E-state index >= 15 is 0 Å². The van der Waals surface area contributed by atoms with Crippen molar-refractivity contribution in [1.29, 1.82) is 0 Å². The summed E-state index contributed by atoms with van der Waals surface area (Å²) in [6, 6.07) is 9.20. The third-order valence-electron chi connectivity index (χ3n) is 8.23. The maximum Gasteiger partial charge on any atom is 0.263 e. The molecular weight excluding hydrogens is 536 g/mol. The summed E-state index contributed by atoms with van der Waals surface area (Å²) in [5, 5.41) is 9.35. The molecule has 220 valence electrons. The Morgan fingerprint density at radius 3 is 2.57 bits per heavy atom. The molecule has 0 bridgehead atoms. The van der Waals surface area contributed by atoms with Gasteiger partial charge in [0.15, 0.2) is 0 Å². The van der Waals surface area contributed by atoms with Gasteiger partial charge in [-0.15, -0.1) is 0 Å². The molecule has 2 saturated heterocycles. The largest absolute Gasteiger partial charge is 0.474 e. The van der Waals surface area contributed by atoms with Gasteiger partial charge in [0.25, 0.3) is 11.5 Å². The van der Waals surface area contributed by atoms with Gasteiger partial charge in [-0.3, -0.25) is 14.4 Å². The zero-order valence-electron chi connectivity index (χ0n) is 23.9. The zero-order chi connectivity index (χ0) is 29.2. The number of fused-ring (bicyclic) bond motifs is 1. The number of nitrogens with zero attached hydrogens (tertiary/aromatic N) is 4. The Hall–Kier alpha value is -4.58. The second kappa shape index (κ2) is 11.7. The van der Waals surface area contributed by atoms with E-state index in [0.717, 1.165) is 49.5 Å².